The van der Waals surface area contributed by atoms with Crippen LogP contribution in [-0.2, 0) is 6.54 Å². The summed E-state index contributed by atoms with van der Waals surface area (Å²) in [7, 11) is 0. The molecule has 3 aromatic rings. The Hall–Kier alpha value is -2.97. The second-order valence-corrected chi connectivity index (χ2v) is 9.48. The number of fused-ring (bicyclic) bond motifs is 1. The fraction of sp³-hybridized carbons (Fsp3) is 0.360. The molecule has 0 atom stereocenters. The minimum atomic E-state index is -0.197. The number of nitrogens with zero attached hydrogens (tertiary/aromatic N) is 5. The number of imide groups is 1. The zero-order valence-corrected chi connectivity index (χ0v) is 19.3. The zero-order valence-electron chi connectivity index (χ0n) is 18.5. The summed E-state index contributed by atoms with van der Waals surface area (Å²) in [5, 5.41) is 9.86. The van der Waals surface area contributed by atoms with Crippen molar-refractivity contribution in [3.63, 3.8) is 0 Å². The van der Waals surface area contributed by atoms with Crippen LogP contribution in [0.15, 0.2) is 59.8 Å². The predicted octanol–water partition coefficient (Wildman–Crippen LogP) is 4.03. The summed E-state index contributed by atoms with van der Waals surface area (Å²) in [5.41, 5.74) is 2.06. The van der Waals surface area contributed by atoms with Gasteiger partial charge >= 0.3 is 0 Å². The standard InChI is InChI=1S/C25H27N5O2S/c31-23-20-12-5-6-13-21(20)24(32)29(23)16-9-17-33-25-27-26-22(18-28-14-7-2-8-15-28)30(25)19-10-3-1-4-11-19/h1,3-6,10-13H,2,7-9,14-18H2. The number of piperidine rings is 1. The molecule has 1 saturated heterocycles. The Morgan fingerprint density at radius 3 is 2.18 bits per heavy atom. The molecule has 1 fully saturated rings. The first-order chi connectivity index (χ1) is 16.2. The average molecular weight is 462 g/mol. The van der Waals surface area contributed by atoms with Crippen LogP contribution in [0.25, 0.3) is 5.69 Å². The Bertz CT molecular complexity index is 1110. The summed E-state index contributed by atoms with van der Waals surface area (Å²) in [6.45, 7) is 3.39. The third-order valence-electron chi connectivity index (χ3n) is 6.16. The van der Waals surface area contributed by atoms with Crippen molar-refractivity contribution in [2.75, 3.05) is 25.4 Å². The molecule has 0 bridgehead atoms. The van der Waals surface area contributed by atoms with Crippen molar-refractivity contribution in [2.24, 2.45) is 0 Å². The zero-order chi connectivity index (χ0) is 22.6. The molecule has 170 valence electrons. The first kappa shape index (κ1) is 21.9. The molecule has 7 nitrogen and oxygen atoms in total. The Balaban J connectivity index is 1.25. The van der Waals surface area contributed by atoms with Crippen LogP contribution in [0.1, 0.15) is 52.2 Å². The number of aromatic nitrogens is 3. The number of hydrogen-bond donors (Lipinski definition) is 0. The number of rotatable bonds is 8. The molecule has 0 N–H and O–H groups in total. The van der Waals surface area contributed by atoms with Gasteiger partial charge in [0.25, 0.3) is 11.8 Å². The lowest BCUT2D eigenvalue weighted by Gasteiger charge is -2.26. The summed E-state index contributed by atoms with van der Waals surface area (Å²) in [6.07, 6.45) is 4.47. The molecule has 2 aliphatic heterocycles. The Labute approximate surface area is 197 Å². The molecule has 3 heterocycles. The number of thioether (sulfide) groups is 1. The summed E-state index contributed by atoms with van der Waals surface area (Å²) in [5.74, 6) is 1.29. The quantitative estimate of drug-likeness (QED) is 0.287. The van der Waals surface area contributed by atoms with E-state index in [0.717, 1.165) is 42.1 Å². The highest BCUT2D eigenvalue weighted by Crippen LogP contribution is 2.26. The van der Waals surface area contributed by atoms with E-state index in [0.29, 0.717) is 24.1 Å². The summed E-state index contributed by atoms with van der Waals surface area (Å²) in [4.78, 5) is 28.9. The SMILES string of the molecule is O=C1c2ccccc2C(=O)N1CCCSc1nnc(CN2CCCCC2)n1-c1ccccc1. The Morgan fingerprint density at radius 2 is 1.48 bits per heavy atom. The van der Waals surface area contributed by atoms with Gasteiger partial charge in [0.2, 0.25) is 0 Å². The number of amides is 2. The Morgan fingerprint density at radius 1 is 0.818 bits per heavy atom. The monoisotopic (exact) mass is 461 g/mol. The molecule has 0 saturated carbocycles. The molecule has 5 rings (SSSR count). The van der Waals surface area contributed by atoms with Crippen LogP contribution in [0.4, 0.5) is 0 Å². The first-order valence-corrected chi connectivity index (χ1v) is 12.5. The number of benzene rings is 2. The van der Waals surface area contributed by atoms with Crippen molar-refractivity contribution in [2.45, 2.75) is 37.4 Å². The second kappa shape index (κ2) is 9.89. The van der Waals surface area contributed by atoms with Gasteiger partial charge in [-0.2, -0.15) is 0 Å². The third-order valence-corrected chi connectivity index (χ3v) is 7.18. The van der Waals surface area contributed by atoms with Gasteiger partial charge in [-0.25, -0.2) is 0 Å². The molecule has 8 heteroatoms. The van der Waals surface area contributed by atoms with Crippen LogP contribution in [0.2, 0.25) is 0 Å². The normalized spacial score (nSPS) is 16.4. The fourth-order valence-electron chi connectivity index (χ4n) is 4.48. The van der Waals surface area contributed by atoms with E-state index < -0.39 is 0 Å². The van der Waals surface area contributed by atoms with E-state index in [9.17, 15) is 9.59 Å². The van der Waals surface area contributed by atoms with Crippen molar-refractivity contribution in [3.8, 4) is 5.69 Å². The predicted molar refractivity (Wildman–Crippen MR) is 128 cm³/mol. The highest BCUT2D eigenvalue weighted by atomic mass is 32.2. The van der Waals surface area contributed by atoms with Crippen LogP contribution in [0.3, 0.4) is 0 Å². The number of para-hydroxylation sites is 1. The van der Waals surface area contributed by atoms with Gasteiger partial charge in [0.1, 0.15) is 0 Å². The molecule has 0 spiro atoms. The molecule has 33 heavy (non-hydrogen) atoms. The lowest BCUT2D eigenvalue weighted by atomic mass is 10.1. The van der Waals surface area contributed by atoms with Crippen molar-refractivity contribution in [1.29, 1.82) is 0 Å². The Kier molecular flexibility index (Phi) is 6.55. The lowest BCUT2D eigenvalue weighted by molar-refractivity contribution is 0.0655. The lowest BCUT2D eigenvalue weighted by Crippen LogP contribution is -2.31. The molecule has 2 aromatic carbocycles. The second-order valence-electron chi connectivity index (χ2n) is 8.42. The van der Waals surface area contributed by atoms with Gasteiger partial charge in [-0.15, -0.1) is 10.2 Å². The van der Waals surface area contributed by atoms with E-state index >= 15 is 0 Å². The highest BCUT2D eigenvalue weighted by Gasteiger charge is 2.34. The van der Waals surface area contributed by atoms with Crippen molar-refractivity contribution < 1.29 is 9.59 Å². The van der Waals surface area contributed by atoms with Crippen LogP contribution in [0, 0.1) is 0 Å². The van der Waals surface area contributed by atoms with Gasteiger partial charge < -0.3 is 0 Å². The summed E-state index contributed by atoms with van der Waals surface area (Å²) in [6, 6.07) is 17.2. The maximum atomic E-state index is 12.6. The highest BCUT2D eigenvalue weighted by molar-refractivity contribution is 7.99. The molecule has 1 aromatic heterocycles. The molecule has 0 radical (unpaired) electrons. The van der Waals surface area contributed by atoms with Crippen molar-refractivity contribution in [1.82, 2.24) is 24.6 Å². The van der Waals surface area contributed by atoms with Gasteiger partial charge in [0, 0.05) is 18.0 Å². The maximum absolute atomic E-state index is 12.6. The maximum Gasteiger partial charge on any atom is 0.261 e. The first-order valence-electron chi connectivity index (χ1n) is 11.5. The molecule has 0 unspecified atom stereocenters. The summed E-state index contributed by atoms with van der Waals surface area (Å²) >= 11 is 1.62. The number of carbonyl (C=O) groups is 2. The summed E-state index contributed by atoms with van der Waals surface area (Å²) < 4.78 is 2.14. The third kappa shape index (κ3) is 4.58. The van der Waals surface area contributed by atoms with Gasteiger partial charge in [-0.1, -0.05) is 48.5 Å². The molecule has 2 amide bonds. The molecule has 0 aliphatic carbocycles. The minimum absolute atomic E-state index is 0.197. The van der Waals surface area contributed by atoms with E-state index in [-0.39, 0.29) is 11.8 Å². The van der Waals surface area contributed by atoms with Gasteiger partial charge in [0.05, 0.1) is 17.7 Å². The van der Waals surface area contributed by atoms with Crippen LogP contribution >= 0.6 is 11.8 Å². The van der Waals surface area contributed by atoms with E-state index in [2.05, 4.69) is 31.8 Å². The molecular formula is C25H27N5O2S. The van der Waals surface area contributed by atoms with E-state index in [1.54, 1.807) is 36.0 Å². The fourth-order valence-corrected chi connectivity index (χ4v) is 5.37. The van der Waals surface area contributed by atoms with Crippen LogP contribution in [-0.4, -0.2) is 61.8 Å². The number of likely N-dealkylation sites (tertiary alicyclic amines) is 1. The topological polar surface area (TPSA) is 71.3 Å². The van der Waals surface area contributed by atoms with Crippen molar-refractivity contribution >= 4 is 23.6 Å². The number of hydrogen-bond acceptors (Lipinski definition) is 6. The van der Waals surface area contributed by atoms with E-state index in [1.807, 2.05) is 18.2 Å². The smallest absolute Gasteiger partial charge is 0.261 e. The molecular weight excluding hydrogens is 434 g/mol. The van der Waals surface area contributed by atoms with Crippen LogP contribution < -0.4 is 0 Å². The van der Waals surface area contributed by atoms with E-state index in [4.69, 9.17) is 0 Å². The van der Waals surface area contributed by atoms with Gasteiger partial charge in [-0.3, -0.25) is 24.0 Å². The van der Waals surface area contributed by atoms with Crippen LogP contribution in [0.5, 0.6) is 0 Å². The van der Waals surface area contributed by atoms with Gasteiger partial charge in [0.15, 0.2) is 11.0 Å². The van der Waals surface area contributed by atoms with Gasteiger partial charge in [-0.05, 0) is 56.6 Å². The van der Waals surface area contributed by atoms with Crippen molar-refractivity contribution in [3.05, 3.63) is 71.5 Å². The number of carbonyl (C=O) groups excluding carboxylic acids is 2. The average Bonchev–Trinajstić information content (AvgIpc) is 3.36. The van der Waals surface area contributed by atoms with E-state index in [1.165, 1.54) is 24.2 Å². The molecule has 2 aliphatic rings. The largest absolute Gasteiger partial charge is 0.296 e. The minimum Gasteiger partial charge on any atom is -0.296 e.